The molecule has 0 radical (unpaired) electrons. The Morgan fingerprint density at radius 3 is 2.89 bits per heavy atom. The molecule has 2 aromatic rings. The summed E-state index contributed by atoms with van der Waals surface area (Å²) in [5.74, 6) is 0.0772. The quantitative estimate of drug-likeness (QED) is 0.939. The van der Waals surface area contributed by atoms with Crippen LogP contribution in [0, 0.1) is 0 Å². The summed E-state index contributed by atoms with van der Waals surface area (Å²) in [4.78, 5) is 4.18. The van der Waals surface area contributed by atoms with Gasteiger partial charge in [-0.1, -0.05) is 24.6 Å². The zero-order valence-corrected chi connectivity index (χ0v) is 11.4. The first-order valence-electron chi connectivity index (χ1n) is 5.56. The van der Waals surface area contributed by atoms with Gasteiger partial charge in [-0.05, 0) is 24.6 Å². The molecule has 4 nitrogen and oxygen atoms in total. The highest BCUT2D eigenvalue weighted by molar-refractivity contribution is 7.92. The maximum absolute atomic E-state index is 11.8. The monoisotopic (exact) mass is 284 g/mol. The van der Waals surface area contributed by atoms with Crippen molar-refractivity contribution in [2.75, 3.05) is 10.5 Å². The van der Waals surface area contributed by atoms with Crippen LogP contribution in [0.3, 0.4) is 0 Å². The van der Waals surface area contributed by atoms with Crippen LogP contribution >= 0.6 is 11.6 Å². The number of nitrogens with zero attached hydrogens (tertiary/aromatic N) is 1. The van der Waals surface area contributed by atoms with Crippen molar-refractivity contribution in [3.63, 3.8) is 0 Å². The zero-order chi connectivity index (χ0) is 13.2. The molecule has 1 heterocycles. The van der Waals surface area contributed by atoms with E-state index in [1.54, 1.807) is 24.4 Å². The van der Waals surface area contributed by atoms with Crippen LogP contribution in [0.2, 0.25) is 5.02 Å². The van der Waals surface area contributed by atoms with E-state index in [0.29, 0.717) is 22.6 Å². The lowest BCUT2D eigenvalue weighted by molar-refractivity contribution is 0.600. The molecular formula is C12H13ClN2O2S. The summed E-state index contributed by atoms with van der Waals surface area (Å²) in [6.45, 7) is 1.81. The molecule has 0 unspecified atom stereocenters. The minimum absolute atomic E-state index is 0.0772. The van der Waals surface area contributed by atoms with Gasteiger partial charge in [-0.15, -0.1) is 0 Å². The first kappa shape index (κ1) is 13.1. The topological polar surface area (TPSA) is 59.1 Å². The average molecular weight is 285 g/mol. The van der Waals surface area contributed by atoms with Crippen LogP contribution in [0.1, 0.15) is 13.3 Å². The highest BCUT2D eigenvalue weighted by atomic mass is 35.5. The fourth-order valence-electron chi connectivity index (χ4n) is 1.72. The summed E-state index contributed by atoms with van der Waals surface area (Å²) in [5, 5.41) is 1.28. The molecule has 0 spiro atoms. The van der Waals surface area contributed by atoms with Crippen molar-refractivity contribution in [3.8, 4) is 0 Å². The maximum atomic E-state index is 11.8. The van der Waals surface area contributed by atoms with Gasteiger partial charge in [-0.3, -0.25) is 9.71 Å². The second-order valence-corrected chi connectivity index (χ2v) is 6.23. The molecule has 0 aliphatic heterocycles. The van der Waals surface area contributed by atoms with Crippen molar-refractivity contribution in [2.24, 2.45) is 0 Å². The highest BCUT2D eigenvalue weighted by Crippen LogP contribution is 2.27. The summed E-state index contributed by atoms with van der Waals surface area (Å²) in [5.41, 5.74) is 1.02. The number of anilines is 1. The molecule has 0 bridgehead atoms. The van der Waals surface area contributed by atoms with Gasteiger partial charge < -0.3 is 0 Å². The summed E-state index contributed by atoms with van der Waals surface area (Å²) >= 11 is 5.97. The summed E-state index contributed by atoms with van der Waals surface area (Å²) in [6, 6.07) is 6.94. The number of pyridine rings is 1. The summed E-state index contributed by atoms with van der Waals surface area (Å²) in [7, 11) is -3.34. The third kappa shape index (κ3) is 2.91. The molecule has 6 heteroatoms. The molecule has 96 valence electrons. The molecule has 0 saturated heterocycles. The maximum Gasteiger partial charge on any atom is 0.232 e. The minimum atomic E-state index is -3.34. The van der Waals surface area contributed by atoms with E-state index < -0.39 is 10.0 Å². The number of halogens is 1. The van der Waals surface area contributed by atoms with Crippen molar-refractivity contribution in [2.45, 2.75) is 13.3 Å². The van der Waals surface area contributed by atoms with Gasteiger partial charge in [0.25, 0.3) is 0 Å². The SMILES string of the molecule is CCCS(=O)(=O)Nc1cc(Cl)cc2cccnc12. The summed E-state index contributed by atoms with van der Waals surface area (Å²) < 4.78 is 26.1. The van der Waals surface area contributed by atoms with Crippen molar-refractivity contribution < 1.29 is 8.42 Å². The molecule has 1 aromatic heterocycles. The number of sulfonamides is 1. The Bertz CT molecular complexity index is 671. The Kier molecular flexibility index (Phi) is 3.73. The van der Waals surface area contributed by atoms with E-state index in [9.17, 15) is 8.42 Å². The molecule has 0 amide bonds. The molecule has 1 aromatic carbocycles. The number of rotatable bonds is 4. The normalized spacial score (nSPS) is 11.7. The number of hydrogen-bond acceptors (Lipinski definition) is 3. The van der Waals surface area contributed by atoms with Crippen molar-refractivity contribution >= 4 is 38.2 Å². The van der Waals surface area contributed by atoms with Crippen LogP contribution in [0.25, 0.3) is 10.9 Å². The minimum Gasteiger partial charge on any atom is -0.281 e. The second-order valence-electron chi connectivity index (χ2n) is 3.95. The van der Waals surface area contributed by atoms with Crippen LogP contribution < -0.4 is 4.72 Å². The van der Waals surface area contributed by atoms with Gasteiger partial charge in [0.2, 0.25) is 10.0 Å². The second kappa shape index (κ2) is 5.12. The van der Waals surface area contributed by atoms with Gasteiger partial charge in [-0.25, -0.2) is 8.42 Å². The van der Waals surface area contributed by atoms with E-state index >= 15 is 0 Å². The summed E-state index contributed by atoms with van der Waals surface area (Å²) in [6.07, 6.45) is 2.18. The molecule has 2 rings (SSSR count). The van der Waals surface area contributed by atoms with Crippen LogP contribution in [0.15, 0.2) is 30.5 Å². The molecule has 0 fully saturated rings. The van der Waals surface area contributed by atoms with E-state index in [0.717, 1.165) is 5.39 Å². The number of fused-ring (bicyclic) bond motifs is 1. The Morgan fingerprint density at radius 2 is 2.17 bits per heavy atom. The van der Waals surface area contributed by atoms with Gasteiger partial charge in [0.05, 0.1) is 17.0 Å². The first-order valence-corrected chi connectivity index (χ1v) is 7.59. The lowest BCUT2D eigenvalue weighted by Crippen LogP contribution is -2.16. The van der Waals surface area contributed by atoms with Crippen LogP contribution in [0.4, 0.5) is 5.69 Å². The third-order valence-corrected chi connectivity index (χ3v) is 4.10. The Morgan fingerprint density at radius 1 is 1.39 bits per heavy atom. The lowest BCUT2D eigenvalue weighted by atomic mass is 10.2. The fraction of sp³-hybridized carbons (Fsp3) is 0.250. The smallest absolute Gasteiger partial charge is 0.232 e. The van der Waals surface area contributed by atoms with Crippen molar-refractivity contribution in [3.05, 3.63) is 35.5 Å². The van der Waals surface area contributed by atoms with Crippen LogP contribution in [0.5, 0.6) is 0 Å². The largest absolute Gasteiger partial charge is 0.281 e. The Labute approximate surface area is 111 Å². The number of benzene rings is 1. The van der Waals surface area contributed by atoms with E-state index in [-0.39, 0.29) is 5.75 Å². The molecule has 18 heavy (non-hydrogen) atoms. The molecular weight excluding hydrogens is 272 g/mol. The van der Waals surface area contributed by atoms with Crippen LogP contribution in [-0.2, 0) is 10.0 Å². The van der Waals surface area contributed by atoms with Gasteiger partial charge in [0, 0.05) is 16.6 Å². The molecule has 0 aliphatic rings. The molecule has 0 atom stereocenters. The van der Waals surface area contributed by atoms with Crippen molar-refractivity contribution in [1.82, 2.24) is 4.98 Å². The Hall–Kier alpha value is -1.33. The van der Waals surface area contributed by atoms with E-state index in [1.807, 2.05) is 13.0 Å². The van der Waals surface area contributed by atoms with E-state index in [4.69, 9.17) is 11.6 Å². The van der Waals surface area contributed by atoms with Gasteiger partial charge in [0.1, 0.15) is 0 Å². The zero-order valence-electron chi connectivity index (χ0n) is 9.85. The van der Waals surface area contributed by atoms with E-state index in [1.165, 1.54) is 0 Å². The highest BCUT2D eigenvalue weighted by Gasteiger charge is 2.12. The van der Waals surface area contributed by atoms with Crippen LogP contribution in [-0.4, -0.2) is 19.2 Å². The average Bonchev–Trinajstić information content (AvgIpc) is 2.28. The number of hydrogen-bond donors (Lipinski definition) is 1. The van der Waals surface area contributed by atoms with Gasteiger partial charge in [0.15, 0.2) is 0 Å². The number of aromatic nitrogens is 1. The van der Waals surface area contributed by atoms with E-state index in [2.05, 4.69) is 9.71 Å². The third-order valence-electron chi connectivity index (χ3n) is 2.41. The predicted octanol–water partition coefficient (Wildman–Crippen LogP) is 3.04. The lowest BCUT2D eigenvalue weighted by Gasteiger charge is -2.10. The Balaban J connectivity index is 2.51. The van der Waals surface area contributed by atoms with Gasteiger partial charge in [-0.2, -0.15) is 0 Å². The number of nitrogens with one attached hydrogen (secondary N) is 1. The molecule has 0 saturated carbocycles. The molecule has 1 N–H and O–H groups in total. The predicted molar refractivity (Wildman–Crippen MR) is 74.5 cm³/mol. The fourth-order valence-corrected chi connectivity index (χ4v) is 3.08. The van der Waals surface area contributed by atoms with Crippen molar-refractivity contribution in [1.29, 1.82) is 0 Å². The molecule has 0 aliphatic carbocycles. The van der Waals surface area contributed by atoms with Gasteiger partial charge >= 0.3 is 0 Å². The standard InChI is InChI=1S/C12H13ClN2O2S/c1-2-6-18(16,17)15-11-8-10(13)7-9-4-3-5-14-12(9)11/h3-5,7-8,15H,2,6H2,1H3. The first-order chi connectivity index (χ1) is 8.52.